The summed E-state index contributed by atoms with van der Waals surface area (Å²) in [7, 11) is 0. The number of H-pyrrole nitrogens is 1. The summed E-state index contributed by atoms with van der Waals surface area (Å²) in [5, 5.41) is 13.1. The lowest BCUT2D eigenvalue weighted by atomic mass is 10.2. The van der Waals surface area contributed by atoms with Gasteiger partial charge in [0.25, 0.3) is 0 Å². The van der Waals surface area contributed by atoms with E-state index in [9.17, 15) is 9.59 Å². The average Bonchev–Trinajstić information content (AvgIpc) is 2.97. The van der Waals surface area contributed by atoms with Gasteiger partial charge in [-0.3, -0.25) is 14.7 Å². The molecule has 1 saturated heterocycles. The van der Waals surface area contributed by atoms with Crippen molar-refractivity contribution >= 4 is 28.5 Å². The second-order valence-electron chi connectivity index (χ2n) is 4.27. The number of para-hydroxylation sites is 1. The molecule has 92 valence electrons. The molecular weight excluding hydrogens is 232 g/mol. The van der Waals surface area contributed by atoms with Crippen LogP contribution in [0.3, 0.4) is 0 Å². The molecule has 0 aliphatic carbocycles. The zero-order chi connectivity index (χ0) is 12.5. The zero-order valence-corrected chi connectivity index (χ0v) is 9.56. The highest BCUT2D eigenvalue weighted by molar-refractivity contribution is 6.03. The number of anilines is 1. The van der Waals surface area contributed by atoms with Crippen LogP contribution < -0.4 is 10.6 Å². The largest absolute Gasteiger partial charge is 0.344 e. The number of benzene rings is 1. The molecule has 1 fully saturated rings. The third kappa shape index (κ3) is 1.81. The number of nitrogens with zero attached hydrogens (tertiary/aromatic N) is 1. The van der Waals surface area contributed by atoms with Gasteiger partial charge < -0.3 is 10.6 Å². The van der Waals surface area contributed by atoms with Gasteiger partial charge in [-0.1, -0.05) is 12.1 Å². The molecule has 2 heterocycles. The number of carbonyl (C=O) groups excluding carboxylic acids is 2. The van der Waals surface area contributed by atoms with E-state index < -0.39 is 6.04 Å². The van der Waals surface area contributed by atoms with Gasteiger partial charge in [0, 0.05) is 11.8 Å². The van der Waals surface area contributed by atoms with Crippen molar-refractivity contribution in [3.63, 3.8) is 0 Å². The molecule has 18 heavy (non-hydrogen) atoms. The molecule has 0 radical (unpaired) electrons. The first-order valence-corrected chi connectivity index (χ1v) is 5.77. The third-order valence-corrected chi connectivity index (χ3v) is 3.02. The Hall–Kier alpha value is -2.37. The average molecular weight is 244 g/mol. The van der Waals surface area contributed by atoms with Crippen LogP contribution >= 0.6 is 0 Å². The van der Waals surface area contributed by atoms with Crippen LogP contribution in [0.5, 0.6) is 0 Å². The van der Waals surface area contributed by atoms with Crippen molar-refractivity contribution in [1.82, 2.24) is 15.5 Å². The summed E-state index contributed by atoms with van der Waals surface area (Å²) in [5.74, 6) is 0.192. The van der Waals surface area contributed by atoms with Gasteiger partial charge in [-0.2, -0.15) is 5.10 Å². The number of nitrogens with one attached hydrogen (secondary N) is 3. The van der Waals surface area contributed by atoms with E-state index in [4.69, 9.17) is 0 Å². The lowest BCUT2D eigenvalue weighted by Crippen LogP contribution is -2.37. The quantitative estimate of drug-likeness (QED) is 0.729. The van der Waals surface area contributed by atoms with Crippen molar-refractivity contribution in [2.24, 2.45) is 0 Å². The van der Waals surface area contributed by atoms with Crippen LogP contribution in [0.1, 0.15) is 12.8 Å². The van der Waals surface area contributed by atoms with Gasteiger partial charge in [-0.15, -0.1) is 0 Å². The number of fused-ring (bicyclic) bond motifs is 1. The Balaban J connectivity index is 1.80. The summed E-state index contributed by atoms with van der Waals surface area (Å²) < 4.78 is 0. The molecule has 1 aliphatic heterocycles. The Bertz CT molecular complexity index is 619. The lowest BCUT2D eigenvalue weighted by Gasteiger charge is -2.08. The van der Waals surface area contributed by atoms with Gasteiger partial charge in [0.1, 0.15) is 6.04 Å². The van der Waals surface area contributed by atoms with E-state index in [1.807, 2.05) is 24.3 Å². The molecular formula is C12H12N4O2. The number of amides is 2. The van der Waals surface area contributed by atoms with Crippen LogP contribution in [0.2, 0.25) is 0 Å². The Morgan fingerprint density at radius 3 is 3.00 bits per heavy atom. The number of hydrogen-bond acceptors (Lipinski definition) is 3. The van der Waals surface area contributed by atoms with Crippen LogP contribution in [-0.4, -0.2) is 28.1 Å². The van der Waals surface area contributed by atoms with E-state index >= 15 is 0 Å². The van der Waals surface area contributed by atoms with Gasteiger partial charge in [0.2, 0.25) is 11.8 Å². The molecule has 2 aromatic rings. The standard InChI is InChI=1S/C12H12N4O2/c17-10-6-5-9(13-10)12(18)14-11-7-3-1-2-4-8(7)15-16-11/h1-4,9H,5-6H2,(H,13,17)(H2,14,15,16,18)/t9-/m0/s1. The first-order valence-electron chi connectivity index (χ1n) is 5.77. The number of hydrogen-bond donors (Lipinski definition) is 3. The van der Waals surface area contributed by atoms with E-state index in [0.29, 0.717) is 18.7 Å². The Morgan fingerprint density at radius 2 is 2.22 bits per heavy atom. The highest BCUT2D eigenvalue weighted by atomic mass is 16.2. The lowest BCUT2D eigenvalue weighted by molar-refractivity contribution is -0.122. The molecule has 3 N–H and O–H groups in total. The van der Waals surface area contributed by atoms with Crippen LogP contribution in [0.25, 0.3) is 10.9 Å². The molecule has 3 rings (SSSR count). The number of aromatic nitrogens is 2. The summed E-state index contributed by atoms with van der Waals surface area (Å²) in [6, 6.07) is 7.08. The molecule has 1 aliphatic rings. The van der Waals surface area contributed by atoms with Crippen LogP contribution in [0, 0.1) is 0 Å². The predicted octanol–water partition coefficient (Wildman–Crippen LogP) is 0.780. The maximum Gasteiger partial charge on any atom is 0.248 e. The summed E-state index contributed by atoms with van der Waals surface area (Å²) in [6.07, 6.45) is 0.937. The van der Waals surface area contributed by atoms with Crippen molar-refractivity contribution in [2.75, 3.05) is 5.32 Å². The van der Waals surface area contributed by atoms with Crippen LogP contribution in [-0.2, 0) is 9.59 Å². The monoisotopic (exact) mass is 244 g/mol. The van der Waals surface area contributed by atoms with Crippen molar-refractivity contribution in [1.29, 1.82) is 0 Å². The van der Waals surface area contributed by atoms with Crippen molar-refractivity contribution in [3.05, 3.63) is 24.3 Å². The van der Waals surface area contributed by atoms with Gasteiger partial charge >= 0.3 is 0 Å². The second-order valence-corrected chi connectivity index (χ2v) is 4.27. The summed E-state index contributed by atoms with van der Waals surface area (Å²) >= 11 is 0. The first kappa shape index (κ1) is 10.8. The fourth-order valence-electron chi connectivity index (χ4n) is 2.07. The predicted molar refractivity (Wildman–Crippen MR) is 65.9 cm³/mol. The molecule has 0 bridgehead atoms. The summed E-state index contributed by atoms with van der Waals surface area (Å²) in [6.45, 7) is 0. The Morgan fingerprint density at radius 1 is 1.39 bits per heavy atom. The highest BCUT2D eigenvalue weighted by Crippen LogP contribution is 2.20. The Labute approximate surface area is 103 Å². The smallest absolute Gasteiger partial charge is 0.248 e. The second kappa shape index (κ2) is 4.14. The molecule has 1 aromatic heterocycles. The molecule has 6 nitrogen and oxygen atoms in total. The minimum Gasteiger partial charge on any atom is -0.344 e. The van der Waals surface area contributed by atoms with Gasteiger partial charge in [0.15, 0.2) is 5.82 Å². The maximum absolute atomic E-state index is 11.9. The zero-order valence-electron chi connectivity index (χ0n) is 9.56. The van der Waals surface area contributed by atoms with Gasteiger partial charge in [0.05, 0.1) is 5.52 Å². The van der Waals surface area contributed by atoms with E-state index in [2.05, 4.69) is 20.8 Å². The molecule has 0 saturated carbocycles. The number of carbonyl (C=O) groups is 2. The number of rotatable bonds is 2. The molecule has 2 amide bonds. The number of aromatic amines is 1. The maximum atomic E-state index is 11.9. The van der Waals surface area contributed by atoms with Crippen molar-refractivity contribution in [2.45, 2.75) is 18.9 Å². The fraction of sp³-hybridized carbons (Fsp3) is 0.250. The van der Waals surface area contributed by atoms with E-state index in [1.165, 1.54) is 0 Å². The minimum absolute atomic E-state index is 0.0814. The van der Waals surface area contributed by atoms with Crippen molar-refractivity contribution in [3.8, 4) is 0 Å². The van der Waals surface area contributed by atoms with Crippen LogP contribution in [0.4, 0.5) is 5.82 Å². The molecule has 1 aromatic carbocycles. The Kier molecular flexibility index (Phi) is 2.47. The topological polar surface area (TPSA) is 86.9 Å². The van der Waals surface area contributed by atoms with E-state index in [0.717, 1.165) is 10.9 Å². The third-order valence-electron chi connectivity index (χ3n) is 3.02. The molecule has 0 spiro atoms. The molecule has 0 unspecified atom stereocenters. The molecule has 6 heteroatoms. The molecule has 1 atom stereocenters. The van der Waals surface area contributed by atoms with Gasteiger partial charge in [-0.05, 0) is 18.6 Å². The van der Waals surface area contributed by atoms with Crippen molar-refractivity contribution < 1.29 is 9.59 Å². The summed E-state index contributed by atoms with van der Waals surface area (Å²) in [5.41, 5.74) is 0.864. The first-order chi connectivity index (χ1) is 8.74. The normalized spacial score (nSPS) is 18.9. The van der Waals surface area contributed by atoms with Crippen LogP contribution in [0.15, 0.2) is 24.3 Å². The van der Waals surface area contributed by atoms with Gasteiger partial charge in [-0.25, -0.2) is 0 Å². The highest BCUT2D eigenvalue weighted by Gasteiger charge is 2.27. The van der Waals surface area contributed by atoms with E-state index in [1.54, 1.807) is 0 Å². The summed E-state index contributed by atoms with van der Waals surface area (Å²) in [4.78, 5) is 23.0. The minimum atomic E-state index is -0.451. The SMILES string of the molecule is O=C1CC[C@@H](C(=O)Nc2n[nH]c3ccccc23)N1. The fourth-order valence-corrected chi connectivity index (χ4v) is 2.07. The van der Waals surface area contributed by atoms with E-state index in [-0.39, 0.29) is 11.8 Å².